The molecule has 6 nitrogen and oxygen atoms in total. The molecule has 0 aliphatic rings. The minimum Gasteiger partial charge on any atom is -0.504 e. The lowest BCUT2D eigenvalue weighted by Crippen LogP contribution is -1.86. The van der Waals surface area contributed by atoms with E-state index in [4.69, 9.17) is 4.74 Å². The van der Waals surface area contributed by atoms with Crippen molar-refractivity contribution in [3.05, 3.63) is 40.9 Å². The summed E-state index contributed by atoms with van der Waals surface area (Å²) in [5.41, 5.74) is 2.85. The van der Waals surface area contributed by atoms with Crippen LogP contribution in [0, 0.1) is 6.92 Å². The van der Waals surface area contributed by atoms with Crippen molar-refractivity contribution in [1.29, 1.82) is 0 Å². The van der Waals surface area contributed by atoms with E-state index in [2.05, 4.69) is 20.2 Å². The third-order valence-corrected chi connectivity index (χ3v) is 4.16. The number of aromatic nitrogens is 2. The lowest BCUT2D eigenvalue weighted by atomic mass is 10.2. The highest BCUT2D eigenvalue weighted by Gasteiger charge is 2.04. The fraction of sp³-hybridized carbons (Fsp3) is 0.200. The summed E-state index contributed by atoms with van der Waals surface area (Å²) < 4.78 is 6.03. The average molecular weight is 314 g/mol. The third kappa shape index (κ3) is 2.89. The van der Waals surface area contributed by atoms with Gasteiger partial charge in [-0.05, 0) is 35.6 Å². The van der Waals surface area contributed by atoms with Crippen LogP contribution in [-0.4, -0.2) is 22.2 Å². The molecule has 0 unspecified atom stereocenters. The molecule has 2 heterocycles. The van der Waals surface area contributed by atoms with E-state index in [-0.39, 0.29) is 5.75 Å². The van der Waals surface area contributed by atoms with Crippen molar-refractivity contribution in [2.45, 2.75) is 13.5 Å². The van der Waals surface area contributed by atoms with Crippen molar-refractivity contribution >= 4 is 27.5 Å². The molecule has 0 saturated heterocycles. The van der Waals surface area contributed by atoms with Gasteiger partial charge >= 0.3 is 0 Å². The number of azo groups is 1. The van der Waals surface area contributed by atoms with E-state index < -0.39 is 0 Å². The molecule has 2 aromatic heterocycles. The van der Waals surface area contributed by atoms with E-state index in [1.165, 1.54) is 7.11 Å². The Labute approximate surface area is 131 Å². The Morgan fingerprint density at radius 3 is 3.00 bits per heavy atom. The zero-order valence-electron chi connectivity index (χ0n) is 12.1. The number of hydrogen-bond donors (Lipinski definition) is 1. The summed E-state index contributed by atoms with van der Waals surface area (Å²) >= 11 is 1.61. The van der Waals surface area contributed by atoms with Gasteiger partial charge in [-0.15, -0.1) is 16.5 Å². The van der Waals surface area contributed by atoms with Gasteiger partial charge in [-0.1, -0.05) is 6.07 Å². The van der Waals surface area contributed by atoms with Crippen molar-refractivity contribution in [2.75, 3.05) is 7.11 Å². The number of phenols is 1. The van der Waals surface area contributed by atoms with Crippen LogP contribution < -0.4 is 4.74 Å². The van der Waals surface area contributed by atoms with E-state index in [0.717, 1.165) is 21.3 Å². The largest absolute Gasteiger partial charge is 0.504 e. The van der Waals surface area contributed by atoms with E-state index >= 15 is 0 Å². The van der Waals surface area contributed by atoms with Gasteiger partial charge in [0.2, 0.25) is 0 Å². The summed E-state index contributed by atoms with van der Waals surface area (Å²) in [6, 6.07) is 5.12. The number of fused-ring (bicyclic) bond motifs is 1. The standard InChI is InChI=1S/C15H14N4O2S/c1-9-8-22-13-7-16-15(18-14(9)13)19-17-6-10-3-4-12(21-2)11(20)5-10/h3-5,7-8,20H,6H2,1-2H3. The normalized spacial score (nSPS) is 11.4. The smallest absolute Gasteiger partial charge is 0.269 e. The first-order valence-corrected chi connectivity index (χ1v) is 7.49. The van der Waals surface area contributed by atoms with Crippen molar-refractivity contribution in [1.82, 2.24) is 9.97 Å². The van der Waals surface area contributed by atoms with Crippen molar-refractivity contribution < 1.29 is 9.84 Å². The van der Waals surface area contributed by atoms with Crippen LogP contribution in [-0.2, 0) is 6.54 Å². The Morgan fingerprint density at radius 2 is 2.23 bits per heavy atom. The van der Waals surface area contributed by atoms with Gasteiger partial charge in [-0.3, -0.25) is 0 Å². The number of phenolic OH excluding ortho intramolecular Hbond substituents is 1. The maximum absolute atomic E-state index is 9.71. The molecule has 7 heteroatoms. The zero-order valence-corrected chi connectivity index (χ0v) is 13.0. The first-order chi connectivity index (χ1) is 10.7. The second-order valence-corrected chi connectivity index (χ2v) is 5.62. The number of ether oxygens (including phenoxy) is 1. The fourth-order valence-electron chi connectivity index (χ4n) is 2.00. The van der Waals surface area contributed by atoms with Gasteiger partial charge < -0.3 is 9.84 Å². The van der Waals surface area contributed by atoms with Crippen LogP contribution in [0.4, 0.5) is 5.95 Å². The lowest BCUT2D eigenvalue weighted by molar-refractivity contribution is 0.373. The number of hydrogen-bond acceptors (Lipinski definition) is 7. The van der Waals surface area contributed by atoms with Crippen LogP contribution in [0.25, 0.3) is 10.2 Å². The maximum Gasteiger partial charge on any atom is 0.269 e. The molecule has 0 aliphatic carbocycles. The van der Waals surface area contributed by atoms with Crippen LogP contribution in [0.2, 0.25) is 0 Å². The minimum atomic E-state index is 0.0850. The quantitative estimate of drug-likeness (QED) is 0.738. The Kier molecular flexibility index (Phi) is 3.97. The highest BCUT2D eigenvalue weighted by Crippen LogP contribution is 2.27. The number of rotatable bonds is 4. The number of benzene rings is 1. The van der Waals surface area contributed by atoms with E-state index in [1.54, 1.807) is 29.7 Å². The summed E-state index contributed by atoms with van der Waals surface area (Å²) in [5.74, 6) is 0.857. The maximum atomic E-state index is 9.71. The SMILES string of the molecule is COc1ccc(CN=Nc2ncc3scc(C)c3n2)cc1O. The molecule has 1 aromatic carbocycles. The summed E-state index contributed by atoms with van der Waals surface area (Å²) in [6.45, 7) is 2.34. The van der Waals surface area contributed by atoms with E-state index in [9.17, 15) is 5.11 Å². The summed E-state index contributed by atoms with van der Waals surface area (Å²) in [6.07, 6.45) is 1.76. The van der Waals surface area contributed by atoms with Gasteiger partial charge in [0.15, 0.2) is 11.5 Å². The number of methoxy groups -OCH3 is 1. The van der Waals surface area contributed by atoms with E-state index in [1.807, 2.05) is 18.4 Å². The van der Waals surface area contributed by atoms with E-state index in [0.29, 0.717) is 18.2 Å². The molecule has 22 heavy (non-hydrogen) atoms. The van der Waals surface area contributed by atoms with Gasteiger partial charge in [0.05, 0.1) is 30.1 Å². The first-order valence-electron chi connectivity index (χ1n) is 6.61. The molecule has 0 radical (unpaired) electrons. The molecular formula is C15H14N4O2S. The number of nitrogens with zero attached hydrogens (tertiary/aromatic N) is 4. The molecule has 0 aliphatic heterocycles. The average Bonchev–Trinajstić information content (AvgIpc) is 2.89. The van der Waals surface area contributed by atoms with Gasteiger partial charge in [0.1, 0.15) is 0 Å². The highest BCUT2D eigenvalue weighted by atomic mass is 32.1. The van der Waals surface area contributed by atoms with Gasteiger partial charge in [0.25, 0.3) is 5.95 Å². The Morgan fingerprint density at radius 1 is 1.36 bits per heavy atom. The Bertz CT molecular complexity index is 845. The van der Waals surface area contributed by atoms with Crippen LogP contribution in [0.1, 0.15) is 11.1 Å². The summed E-state index contributed by atoms with van der Waals surface area (Å²) in [5, 5.41) is 19.9. The molecule has 0 spiro atoms. The van der Waals surface area contributed by atoms with Crippen LogP contribution in [0.5, 0.6) is 11.5 Å². The second kappa shape index (κ2) is 6.07. The third-order valence-electron chi connectivity index (χ3n) is 3.14. The molecule has 0 saturated carbocycles. The monoisotopic (exact) mass is 314 g/mol. The van der Waals surface area contributed by atoms with Gasteiger partial charge in [-0.2, -0.15) is 5.11 Å². The molecule has 3 aromatic rings. The van der Waals surface area contributed by atoms with Crippen LogP contribution in [0.3, 0.4) is 0 Å². The minimum absolute atomic E-state index is 0.0850. The zero-order chi connectivity index (χ0) is 15.5. The molecular weight excluding hydrogens is 300 g/mol. The number of aryl methyl sites for hydroxylation is 1. The van der Waals surface area contributed by atoms with Crippen molar-refractivity contribution in [3.63, 3.8) is 0 Å². The van der Waals surface area contributed by atoms with Crippen molar-refractivity contribution in [3.8, 4) is 11.5 Å². The molecule has 0 amide bonds. The molecule has 1 N–H and O–H groups in total. The predicted octanol–water partition coefficient (Wildman–Crippen LogP) is 4.00. The Balaban J connectivity index is 1.75. The number of aromatic hydroxyl groups is 1. The first kappa shape index (κ1) is 14.4. The fourth-order valence-corrected chi connectivity index (χ4v) is 2.85. The summed E-state index contributed by atoms with van der Waals surface area (Å²) in [7, 11) is 1.51. The van der Waals surface area contributed by atoms with Crippen LogP contribution >= 0.6 is 11.3 Å². The summed E-state index contributed by atoms with van der Waals surface area (Å²) in [4.78, 5) is 8.55. The lowest BCUT2D eigenvalue weighted by Gasteiger charge is -2.03. The molecule has 0 fully saturated rings. The molecule has 3 rings (SSSR count). The molecule has 0 bridgehead atoms. The van der Waals surface area contributed by atoms with Crippen LogP contribution in [0.15, 0.2) is 40.0 Å². The topological polar surface area (TPSA) is 80.0 Å². The van der Waals surface area contributed by atoms with Gasteiger partial charge in [-0.25, -0.2) is 9.97 Å². The molecule has 112 valence electrons. The predicted molar refractivity (Wildman–Crippen MR) is 85.0 cm³/mol. The van der Waals surface area contributed by atoms with Gasteiger partial charge in [0, 0.05) is 0 Å². The number of thiophene rings is 1. The highest BCUT2D eigenvalue weighted by molar-refractivity contribution is 7.17. The molecule has 0 atom stereocenters. The second-order valence-electron chi connectivity index (χ2n) is 4.71. The van der Waals surface area contributed by atoms with Crippen molar-refractivity contribution in [2.24, 2.45) is 10.2 Å². The Hall–Kier alpha value is -2.54.